The van der Waals surface area contributed by atoms with Crippen LogP contribution in [-0.2, 0) is 13.0 Å². The summed E-state index contributed by atoms with van der Waals surface area (Å²) >= 11 is 0. The summed E-state index contributed by atoms with van der Waals surface area (Å²) in [5.74, 6) is 1.85. The van der Waals surface area contributed by atoms with Gasteiger partial charge in [-0.05, 0) is 85.0 Å². The second-order valence-electron chi connectivity index (χ2n) is 9.83. The third kappa shape index (κ3) is 4.22. The summed E-state index contributed by atoms with van der Waals surface area (Å²) in [6.45, 7) is 2.79. The molecule has 6 aromatic rings. The van der Waals surface area contributed by atoms with Crippen LogP contribution in [0.25, 0.3) is 34.1 Å². The quantitative estimate of drug-likeness (QED) is 0.331. The average molecular weight is 514 g/mol. The van der Waals surface area contributed by atoms with Gasteiger partial charge < -0.3 is 11.1 Å². The van der Waals surface area contributed by atoms with Gasteiger partial charge in [0.25, 0.3) is 0 Å². The number of pyridine rings is 3. The third-order valence-corrected chi connectivity index (χ3v) is 7.30. The van der Waals surface area contributed by atoms with Gasteiger partial charge in [0, 0.05) is 48.8 Å². The maximum absolute atomic E-state index is 6.31. The first-order valence-electron chi connectivity index (χ1n) is 13.0. The molecule has 5 heterocycles. The molecule has 9 nitrogen and oxygen atoms in total. The number of nitrogens with zero attached hydrogens (tertiary/aromatic N) is 7. The topological polar surface area (TPSA) is 112 Å². The normalized spacial score (nSPS) is 14.6. The number of nitrogens with one attached hydrogen (secondary N) is 1. The summed E-state index contributed by atoms with van der Waals surface area (Å²) in [7, 11) is 0. The van der Waals surface area contributed by atoms with Crippen LogP contribution in [0.2, 0.25) is 0 Å². The zero-order valence-electron chi connectivity index (χ0n) is 21.5. The van der Waals surface area contributed by atoms with Crippen LogP contribution in [-0.4, -0.2) is 34.3 Å². The molecule has 5 aromatic heterocycles. The summed E-state index contributed by atoms with van der Waals surface area (Å²) in [6.07, 6.45) is 9.30. The van der Waals surface area contributed by atoms with Crippen LogP contribution in [0.3, 0.4) is 0 Å². The predicted molar refractivity (Wildman–Crippen MR) is 151 cm³/mol. The van der Waals surface area contributed by atoms with E-state index in [-0.39, 0.29) is 0 Å². The molecule has 1 aliphatic rings. The van der Waals surface area contributed by atoms with Crippen molar-refractivity contribution in [3.63, 3.8) is 0 Å². The molecule has 1 aliphatic carbocycles. The molecule has 192 valence electrons. The molecular formula is C30H27N9. The maximum Gasteiger partial charge on any atom is 0.167 e. The molecule has 1 aromatic carbocycles. The lowest BCUT2D eigenvalue weighted by Gasteiger charge is -2.16. The summed E-state index contributed by atoms with van der Waals surface area (Å²) in [5.41, 5.74) is 14.5. The molecule has 0 radical (unpaired) electrons. The Kier molecular flexibility index (Phi) is 5.63. The van der Waals surface area contributed by atoms with Gasteiger partial charge >= 0.3 is 0 Å². The first-order valence-corrected chi connectivity index (χ1v) is 13.0. The van der Waals surface area contributed by atoms with Crippen LogP contribution < -0.4 is 11.1 Å². The Labute approximate surface area is 225 Å². The minimum absolute atomic E-state index is 0.299. The standard InChI is InChI=1S/C30H27N9/c1-19-5-6-20(17-33-19)18-34-25-10-7-21-16-22(8-9-23(21)25)39-29(24-4-2-13-32-28(24)31)36-26-11-12-27(37-30(26)39)38-15-3-14-35-38/h2-6,8-9,11-17,25,34H,7,10,18H2,1H3,(H2,31,32)/t25-/m0/s1. The van der Waals surface area contributed by atoms with E-state index in [1.807, 2.05) is 49.6 Å². The number of fused-ring (bicyclic) bond motifs is 2. The van der Waals surface area contributed by atoms with E-state index >= 15 is 0 Å². The van der Waals surface area contributed by atoms with Gasteiger partial charge in [-0.2, -0.15) is 5.10 Å². The zero-order chi connectivity index (χ0) is 26.3. The summed E-state index contributed by atoms with van der Waals surface area (Å²) < 4.78 is 3.83. The minimum atomic E-state index is 0.299. The lowest BCUT2D eigenvalue weighted by molar-refractivity contribution is 0.529. The number of benzene rings is 1. The van der Waals surface area contributed by atoms with Crippen molar-refractivity contribution in [2.24, 2.45) is 0 Å². The number of hydrogen-bond acceptors (Lipinski definition) is 7. The first-order chi connectivity index (χ1) is 19.1. The van der Waals surface area contributed by atoms with E-state index in [2.05, 4.69) is 55.3 Å². The second-order valence-corrected chi connectivity index (χ2v) is 9.83. The number of nitrogen functional groups attached to an aromatic ring is 1. The van der Waals surface area contributed by atoms with Crippen LogP contribution in [0.1, 0.15) is 34.8 Å². The summed E-state index contributed by atoms with van der Waals surface area (Å²) in [6, 6.07) is 20.7. The molecule has 0 spiro atoms. The smallest absolute Gasteiger partial charge is 0.167 e. The number of rotatable bonds is 6. The fourth-order valence-electron chi connectivity index (χ4n) is 5.31. The second kappa shape index (κ2) is 9.45. The average Bonchev–Trinajstić information content (AvgIpc) is 3.71. The molecule has 0 unspecified atom stereocenters. The summed E-state index contributed by atoms with van der Waals surface area (Å²) in [4.78, 5) is 18.7. The van der Waals surface area contributed by atoms with E-state index in [0.29, 0.717) is 17.7 Å². The highest BCUT2D eigenvalue weighted by molar-refractivity contribution is 5.83. The van der Waals surface area contributed by atoms with Crippen LogP contribution >= 0.6 is 0 Å². The Hall–Kier alpha value is -4.89. The lowest BCUT2D eigenvalue weighted by Crippen LogP contribution is -2.18. The molecule has 1 atom stereocenters. The molecule has 39 heavy (non-hydrogen) atoms. The van der Waals surface area contributed by atoms with Crippen molar-refractivity contribution < 1.29 is 0 Å². The Morgan fingerprint density at radius 2 is 1.95 bits per heavy atom. The van der Waals surface area contributed by atoms with Crippen LogP contribution in [0, 0.1) is 6.92 Å². The molecule has 3 N–H and O–H groups in total. The molecule has 0 aliphatic heterocycles. The number of hydrogen-bond donors (Lipinski definition) is 2. The van der Waals surface area contributed by atoms with Gasteiger partial charge in [-0.25, -0.2) is 19.6 Å². The van der Waals surface area contributed by atoms with Crippen molar-refractivity contribution in [2.75, 3.05) is 5.73 Å². The van der Waals surface area contributed by atoms with Gasteiger partial charge in [0.2, 0.25) is 0 Å². The molecule has 0 saturated carbocycles. The van der Waals surface area contributed by atoms with Crippen molar-refractivity contribution in [1.82, 2.24) is 39.6 Å². The Bertz CT molecular complexity index is 1790. The van der Waals surface area contributed by atoms with Crippen LogP contribution in [0.4, 0.5) is 5.82 Å². The van der Waals surface area contributed by atoms with Crippen molar-refractivity contribution in [2.45, 2.75) is 32.4 Å². The Morgan fingerprint density at radius 3 is 2.77 bits per heavy atom. The van der Waals surface area contributed by atoms with Gasteiger partial charge in [0.05, 0.1) is 5.56 Å². The molecule has 0 fully saturated rings. The highest BCUT2D eigenvalue weighted by atomic mass is 15.3. The molecule has 0 bridgehead atoms. The minimum Gasteiger partial charge on any atom is -0.383 e. The SMILES string of the molecule is Cc1ccc(CN[C@H]2CCc3cc(-n4c(-c5cccnc5N)nc5ccc(-n6cccn6)nc54)ccc32)cn1. The molecule has 0 saturated heterocycles. The maximum atomic E-state index is 6.31. The van der Waals surface area contributed by atoms with Crippen molar-refractivity contribution in [1.29, 1.82) is 0 Å². The third-order valence-electron chi connectivity index (χ3n) is 7.30. The Balaban J connectivity index is 1.30. The highest BCUT2D eigenvalue weighted by Gasteiger charge is 2.24. The van der Waals surface area contributed by atoms with E-state index in [1.54, 1.807) is 17.1 Å². The van der Waals surface area contributed by atoms with E-state index in [0.717, 1.165) is 53.3 Å². The number of aromatic nitrogens is 7. The van der Waals surface area contributed by atoms with Crippen molar-refractivity contribution in [3.8, 4) is 22.9 Å². The van der Waals surface area contributed by atoms with E-state index in [9.17, 15) is 0 Å². The first kappa shape index (κ1) is 23.2. The zero-order valence-corrected chi connectivity index (χ0v) is 21.5. The van der Waals surface area contributed by atoms with E-state index in [1.165, 1.54) is 16.7 Å². The van der Waals surface area contributed by atoms with Crippen molar-refractivity contribution >= 4 is 17.0 Å². The van der Waals surface area contributed by atoms with Gasteiger partial charge in [-0.3, -0.25) is 9.55 Å². The van der Waals surface area contributed by atoms with Crippen molar-refractivity contribution in [3.05, 3.63) is 108 Å². The van der Waals surface area contributed by atoms with Crippen LogP contribution in [0.15, 0.2) is 85.5 Å². The number of anilines is 1. The number of nitrogens with two attached hydrogens (primary N) is 1. The monoisotopic (exact) mass is 513 g/mol. The predicted octanol–water partition coefficient (Wildman–Crippen LogP) is 4.73. The van der Waals surface area contributed by atoms with Gasteiger partial charge in [-0.15, -0.1) is 0 Å². The fourth-order valence-corrected chi connectivity index (χ4v) is 5.31. The van der Waals surface area contributed by atoms with E-state index in [4.69, 9.17) is 15.7 Å². The largest absolute Gasteiger partial charge is 0.383 e. The number of imidazole rings is 1. The lowest BCUT2D eigenvalue weighted by atomic mass is 10.1. The molecule has 9 heteroatoms. The number of aryl methyl sites for hydroxylation is 2. The van der Waals surface area contributed by atoms with Gasteiger partial charge in [0.15, 0.2) is 17.3 Å². The molecule has 0 amide bonds. The van der Waals surface area contributed by atoms with Gasteiger partial charge in [-0.1, -0.05) is 12.1 Å². The fraction of sp³-hybridized carbons (Fsp3) is 0.167. The van der Waals surface area contributed by atoms with Crippen LogP contribution in [0.5, 0.6) is 0 Å². The van der Waals surface area contributed by atoms with E-state index < -0.39 is 0 Å². The highest BCUT2D eigenvalue weighted by Crippen LogP contribution is 2.36. The van der Waals surface area contributed by atoms with Gasteiger partial charge in [0.1, 0.15) is 11.3 Å². The molecule has 7 rings (SSSR count). The Morgan fingerprint density at radius 1 is 1.00 bits per heavy atom. The summed E-state index contributed by atoms with van der Waals surface area (Å²) in [5, 5.41) is 8.08. The molecular weight excluding hydrogens is 486 g/mol.